The second kappa shape index (κ2) is 14.7. The fourth-order valence-corrected chi connectivity index (χ4v) is 14.3. The molecular weight excluding hydrogens is 763 g/mol. The lowest BCUT2D eigenvalue weighted by Crippen LogP contribution is -2.65. The van der Waals surface area contributed by atoms with Crippen molar-refractivity contribution in [1.29, 1.82) is 0 Å². The number of aliphatic carboxylic acids is 1. The number of sulfone groups is 1. The zero-order valence-corrected chi connectivity index (χ0v) is 35.9. The molecular formula is C44H61N3O10S. The Kier molecular flexibility index (Phi) is 10.7. The third-order valence-corrected chi connectivity index (χ3v) is 18.1. The highest BCUT2D eigenvalue weighted by molar-refractivity contribution is 7.91. The first-order chi connectivity index (χ1) is 27.1. The fourth-order valence-electron chi connectivity index (χ4n) is 12.9. The summed E-state index contributed by atoms with van der Waals surface area (Å²) in [5.74, 6) is -1.18. The normalized spacial score (nSPS) is 34.8. The number of hydrogen-bond acceptors (Lipinski definition) is 11. The molecule has 0 spiro atoms. The molecule has 0 amide bonds. The van der Waals surface area contributed by atoms with E-state index in [1.54, 1.807) is 6.07 Å². The van der Waals surface area contributed by atoms with Gasteiger partial charge in [0.2, 0.25) is 0 Å². The first-order valence-electron chi connectivity index (χ1n) is 21.1. The molecule has 4 saturated carbocycles. The Morgan fingerprint density at radius 1 is 0.931 bits per heavy atom. The minimum absolute atomic E-state index is 0.0158. The number of carboxylic acid groups (broad SMARTS) is 1. The van der Waals surface area contributed by atoms with E-state index in [0.717, 1.165) is 64.2 Å². The molecule has 5 aliphatic rings. The van der Waals surface area contributed by atoms with E-state index >= 15 is 0 Å². The van der Waals surface area contributed by atoms with Crippen LogP contribution in [0.25, 0.3) is 0 Å². The zero-order valence-electron chi connectivity index (χ0n) is 35.1. The largest absolute Gasteiger partial charge is 0.481 e. The quantitative estimate of drug-likeness (QED) is 0.0975. The van der Waals surface area contributed by atoms with Crippen LogP contribution in [0.15, 0.2) is 56.5 Å². The molecule has 1 heterocycles. The Labute approximate surface area is 342 Å². The Hall–Kier alpha value is -3.94. The highest BCUT2D eigenvalue weighted by atomic mass is 32.2. The molecule has 14 heteroatoms. The molecule has 5 aliphatic carbocycles. The van der Waals surface area contributed by atoms with E-state index in [2.05, 4.69) is 69.6 Å². The molecule has 0 saturated heterocycles. The number of hydrogen-bond donors (Lipinski definition) is 2. The predicted molar refractivity (Wildman–Crippen MR) is 213 cm³/mol. The lowest BCUT2D eigenvalue weighted by atomic mass is 9.33. The number of ether oxygens (including phenoxy) is 2. The highest BCUT2D eigenvalue weighted by Gasteiger charge is 2.69. The Balaban J connectivity index is 0.944. The SMILES string of the molecule is CC1(C)CC[C@]2(C(=O)O)CC[C@]3(C)C(=CC[C@@H]4[C@@]5(C)CC[C@H](OC(=O)CCC(=O)OCCNc6no[n+]([O-])c6S(=O)(=O)c6ccccc6)C(C)(C)[C@@H]5CC[C@]43C)[C@@H]2C1. The molecule has 1 aromatic carbocycles. The third-order valence-electron chi connectivity index (χ3n) is 16.3. The van der Waals surface area contributed by atoms with Crippen LogP contribution in [0.4, 0.5) is 5.82 Å². The summed E-state index contributed by atoms with van der Waals surface area (Å²) in [4.78, 5) is 38.5. The van der Waals surface area contributed by atoms with Gasteiger partial charge in [0.15, 0.2) is 0 Å². The van der Waals surface area contributed by atoms with Crippen molar-refractivity contribution in [3.8, 4) is 0 Å². The van der Waals surface area contributed by atoms with Gasteiger partial charge >= 0.3 is 28.8 Å². The van der Waals surface area contributed by atoms with E-state index < -0.39 is 38.2 Å². The van der Waals surface area contributed by atoms with Crippen LogP contribution in [0.3, 0.4) is 0 Å². The molecule has 58 heavy (non-hydrogen) atoms. The van der Waals surface area contributed by atoms with Gasteiger partial charge in [-0.15, -0.1) is 0 Å². The van der Waals surface area contributed by atoms with E-state index in [1.807, 2.05) is 0 Å². The fraction of sp³-hybridized carbons (Fsp3) is 0.705. The van der Waals surface area contributed by atoms with Gasteiger partial charge < -0.3 is 25.1 Å². The summed E-state index contributed by atoms with van der Waals surface area (Å²) in [6.45, 7) is 16.3. The van der Waals surface area contributed by atoms with Crippen LogP contribution in [-0.4, -0.2) is 55.8 Å². The van der Waals surface area contributed by atoms with Crippen LogP contribution >= 0.6 is 0 Å². The van der Waals surface area contributed by atoms with Crippen LogP contribution in [0.5, 0.6) is 0 Å². The number of fused-ring (bicyclic) bond motifs is 7. The zero-order chi connectivity index (χ0) is 42.1. The molecule has 1 aromatic heterocycles. The summed E-state index contributed by atoms with van der Waals surface area (Å²) in [7, 11) is -4.23. The summed E-state index contributed by atoms with van der Waals surface area (Å²) in [5, 5.41) is 28.3. The number of benzene rings is 1. The minimum atomic E-state index is -4.23. The first kappa shape index (κ1) is 42.2. The van der Waals surface area contributed by atoms with Gasteiger partial charge in [0.1, 0.15) is 12.7 Å². The molecule has 7 rings (SSSR count). The van der Waals surface area contributed by atoms with E-state index in [0.29, 0.717) is 11.8 Å². The Morgan fingerprint density at radius 2 is 1.62 bits per heavy atom. The van der Waals surface area contributed by atoms with E-state index in [4.69, 9.17) is 9.47 Å². The molecule has 4 fully saturated rings. The number of anilines is 1. The number of carbonyl (C=O) groups excluding carboxylic acids is 2. The van der Waals surface area contributed by atoms with Crippen molar-refractivity contribution in [2.45, 2.75) is 142 Å². The average Bonchev–Trinajstić information content (AvgIpc) is 3.54. The monoisotopic (exact) mass is 823 g/mol. The highest BCUT2D eigenvalue weighted by Crippen LogP contribution is 2.76. The summed E-state index contributed by atoms with van der Waals surface area (Å²) < 4.78 is 42.0. The summed E-state index contributed by atoms with van der Waals surface area (Å²) in [6, 6.07) is 7.40. The molecule has 13 nitrogen and oxygen atoms in total. The van der Waals surface area contributed by atoms with Crippen molar-refractivity contribution in [1.82, 2.24) is 5.16 Å². The summed E-state index contributed by atoms with van der Waals surface area (Å²) >= 11 is 0. The number of nitrogens with one attached hydrogen (secondary N) is 1. The van der Waals surface area contributed by atoms with Crippen LogP contribution in [0, 0.1) is 55.5 Å². The number of esters is 2. The van der Waals surface area contributed by atoms with Crippen molar-refractivity contribution >= 4 is 33.6 Å². The van der Waals surface area contributed by atoms with Crippen molar-refractivity contribution in [2.75, 3.05) is 18.5 Å². The molecule has 318 valence electrons. The predicted octanol–water partition coefficient (Wildman–Crippen LogP) is 7.67. The van der Waals surface area contributed by atoms with Gasteiger partial charge in [-0.3, -0.25) is 19.0 Å². The number of carbonyl (C=O) groups is 3. The number of allylic oxidation sites excluding steroid dienone is 2. The van der Waals surface area contributed by atoms with Crippen LogP contribution < -0.4 is 10.2 Å². The second-order valence-corrected chi connectivity index (χ2v) is 21.9. The van der Waals surface area contributed by atoms with E-state index in [-0.39, 0.29) is 80.7 Å². The van der Waals surface area contributed by atoms with Crippen LogP contribution in [0.1, 0.15) is 126 Å². The lowest BCUT2D eigenvalue weighted by Gasteiger charge is -2.71. The molecule has 0 aliphatic heterocycles. The van der Waals surface area contributed by atoms with Crippen molar-refractivity contribution in [3.63, 3.8) is 0 Å². The number of carboxylic acids is 1. The molecule has 0 unspecified atom stereocenters. The molecule has 2 aromatic rings. The maximum absolute atomic E-state index is 13.2. The van der Waals surface area contributed by atoms with Crippen molar-refractivity contribution in [2.24, 2.45) is 50.2 Å². The maximum Gasteiger partial charge on any atom is 0.338 e. The van der Waals surface area contributed by atoms with Gasteiger partial charge in [0.05, 0.1) is 34.9 Å². The Morgan fingerprint density at radius 3 is 2.33 bits per heavy atom. The summed E-state index contributed by atoms with van der Waals surface area (Å²) in [6.07, 6.45) is 10.8. The van der Waals surface area contributed by atoms with E-state index in [1.165, 1.54) is 29.8 Å². The maximum atomic E-state index is 13.2. The molecule has 8 atom stereocenters. The molecule has 2 N–H and O–H groups in total. The number of aromatic nitrogens is 2. The van der Waals surface area contributed by atoms with Gasteiger partial charge in [-0.1, -0.05) is 78.3 Å². The Bertz CT molecular complexity index is 2080. The van der Waals surface area contributed by atoms with Gasteiger partial charge in [-0.2, -0.15) is 0 Å². The van der Waals surface area contributed by atoms with Gasteiger partial charge in [-0.25, -0.2) is 8.42 Å². The minimum Gasteiger partial charge on any atom is -0.481 e. The van der Waals surface area contributed by atoms with Crippen LogP contribution in [0.2, 0.25) is 0 Å². The summed E-state index contributed by atoms with van der Waals surface area (Å²) in [5.41, 5.74) is 0.553. The lowest BCUT2D eigenvalue weighted by molar-refractivity contribution is -0.832. The van der Waals surface area contributed by atoms with Gasteiger partial charge in [0.25, 0.3) is 9.84 Å². The number of nitrogens with zero attached hydrogens (tertiary/aromatic N) is 2. The third kappa shape index (κ3) is 6.73. The van der Waals surface area contributed by atoms with E-state index in [9.17, 15) is 33.1 Å². The van der Waals surface area contributed by atoms with Crippen LogP contribution in [-0.2, 0) is 33.7 Å². The van der Waals surface area contributed by atoms with Gasteiger partial charge in [0, 0.05) is 5.41 Å². The number of rotatable bonds is 11. The molecule has 0 bridgehead atoms. The standard InChI is InChI=1S/C44H61N3O10S/c1-39(2)21-23-44(38(50)51)24-22-42(6)29(30(44)27-39)13-14-32-41(5)19-18-33(40(3,4)31(41)17-20-43(32,42)7)56-35(49)16-15-34(48)55-26-25-45-36-37(47(52)57-46-36)58(53,54)28-11-9-8-10-12-28/h8-13,30-33H,14-27H2,1-7H3,(H,45,46)(H,50,51)/t30-,31-,32+,33-,41-,42+,43+,44-/m0/s1. The topological polar surface area (TPSA) is 189 Å². The second-order valence-electron chi connectivity index (χ2n) is 20.1. The van der Waals surface area contributed by atoms with Crippen molar-refractivity contribution < 1.29 is 46.9 Å². The smallest absolute Gasteiger partial charge is 0.338 e. The molecule has 0 radical (unpaired) electrons. The van der Waals surface area contributed by atoms with Crippen molar-refractivity contribution in [3.05, 3.63) is 47.2 Å². The average molecular weight is 824 g/mol. The van der Waals surface area contributed by atoms with Gasteiger partial charge in [-0.05, 0) is 121 Å². The first-order valence-corrected chi connectivity index (χ1v) is 22.5.